The average Bonchev–Trinajstić information content (AvgIpc) is 2.22. The van der Waals surface area contributed by atoms with E-state index in [1.165, 1.54) is 19.3 Å². The number of hydrogen-bond donors (Lipinski definition) is 2. The predicted molar refractivity (Wildman–Crippen MR) is 65.5 cm³/mol. The molecule has 2 unspecified atom stereocenters. The highest BCUT2D eigenvalue weighted by Gasteiger charge is 2.23. The van der Waals surface area contributed by atoms with Crippen LogP contribution in [-0.4, -0.2) is 18.8 Å². The molecule has 0 aromatic heterocycles. The summed E-state index contributed by atoms with van der Waals surface area (Å²) < 4.78 is 5.74. The molecule has 0 heterocycles. The number of nitrogens with one attached hydrogen (secondary N) is 1. The fourth-order valence-corrected chi connectivity index (χ4v) is 1.92. The summed E-state index contributed by atoms with van der Waals surface area (Å²) in [6.07, 6.45) is 5.08. The van der Waals surface area contributed by atoms with Crippen LogP contribution in [0.3, 0.4) is 0 Å². The van der Waals surface area contributed by atoms with Crippen molar-refractivity contribution in [2.75, 3.05) is 6.61 Å². The summed E-state index contributed by atoms with van der Waals surface area (Å²) in [6.45, 7) is 9.38. The van der Waals surface area contributed by atoms with E-state index in [9.17, 15) is 0 Å². The summed E-state index contributed by atoms with van der Waals surface area (Å²) in [4.78, 5) is 0. The van der Waals surface area contributed by atoms with E-state index in [1.807, 2.05) is 6.92 Å². The van der Waals surface area contributed by atoms with Gasteiger partial charge >= 0.3 is 0 Å². The third-order valence-electron chi connectivity index (χ3n) is 2.75. The van der Waals surface area contributed by atoms with Crippen LogP contribution in [0, 0.1) is 5.92 Å². The summed E-state index contributed by atoms with van der Waals surface area (Å²) in [5.74, 6) is 6.10. The van der Waals surface area contributed by atoms with E-state index in [4.69, 9.17) is 10.6 Å². The first-order valence-electron chi connectivity index (χ1n) is 6.25. The number of hydrogen-bond acceptors (Lipinski definition) is 3. The quantitative estimate of drug-likeness (QED) is 0.353. The Morgan fingerprint density at radius 1 is 1.20 bits per heavy atom. The van der Waals surface area contributed by atoms with E-state index in [2.05, 4.69) is 26.2 Å². The Morgan fingerprint density at radius 2 is 1.87 bits per heavy atom. The van der Waals surface area contributed by atoms with Crippen molar-refractivity contribution in [3.8, 4) is 0 Å². The first kappa shape index (κ1) is 14.9. The normalized spacial score (nSPS) is 15.6. The summed E-state index contributed by atoms with van der Waals surface area (Å²) in [7, 11) is 0. The van der Waals surface area contributed by atoms with Crippen molar-refractivity contribution in [2.45, 2.75) is 65.5 Å². The monoisotopic (exact) mass is 216 g/mol. The van der Waals surface area contributed by atoms with Gasteiger partial charge < -0.3 is 4.74 Å². The van der Waals surface area contributed by atoms with Gasteiger partial charge in [-0.25, -0.2) is 0 Å². The molecule has 0 bridgehead atoms. The van der Waals surface area contributed by atoms with Gasteiger partial charge in [-0.3, -0.25) is 11.3 Å². The molecule has 0 aromatic rings. The van der Waals surface area contributed by atoms with Gasteiger partial charge in [0.05, 0.1) is 6.10 Å². The van der Waals surface area contributed by atoms with Crippen molar-refractivity contribution < 1.29 is 4.74 Å². The summed E-state index contributed by atoms with van der Waals surface area (Å²) in [5.41, 5.74) is 2.90. The average molecular weight is 216 g/mol. The largest absolute Gasteiger partial charge is 0.377 e. The molecule has 0 aliphatic carbocycles. The molecule has 3 N–H and O–H groups in total. The molecule has 0 aromatic carbocycles. The minimum absolute atomic E-state index is 0.233. The van der Waals surface area contributed by atoms with E-state index in [1.54, 1.807) is 0 Å². The number of nitrogens with two attached hydrogens (primary N) is 1. The lowest BCUT2D eigenvalue weighted by Gasteiger charge is -2.29. The van der Waals surface area contributed by atoms with Crippen molar-refractivity contribution in [3.05, 3.63) is 0 Å². The van der Waals surface area contributed by atoms with Gasteiger partial charge in [-0.05, 0) is 19.3 Å². The van der Waals surface area contributed by atoms with Crippen molar-refractivity contribution in [1.29, 1.82) is 0 Å². The second-order valence-electron chi connectivity index (χ2n) is 4.43. The maximum atomic E-state index is 5.74. The van der Waals surface area contributed by atoms with Crippen LogP contribution in [0.25, 0.3) is 0 Å². The molecule has 0 aliphatic rings. The summed E-state index contributed by atoms with van der Waals surface area (Å²) >= 11 is 0. The molecule has 0 radical (unpaired) electrons. The zero-order valence-electron chi connectivity index (χ0n) is 10.8. The van der Waals surface area contributed by atoms with Gasteiger partial charge in [-0.1, -0.05) is 40.0 Å². The molecule has 15 heavy (non-hydrogen) atoms. The third-order valence-corrected chi connectivity index (χ3v) is 2.75. The van der Waals surface area contributed by atoms with E-state index >= 15 is 0 Å². The Bertz CT molecular complexity index is 140. The molecule has 3 nitrogen and oxygen atoms in total. The number of ether oxygens (including phenoxy) is 1. The smallest absolute Gasteiger partial charge is 0.0764 e. The van der Waals surface area contributed by atoms with Gasteiger partial charge in [0.1, 0.15) is 0 Å². The third kappa shape index (κ3) is 6.13. The van der Waals surface area contributed by atoms with E-state index in [0.29, 0.717) is 5.92 Å². The maximum Gasteiger partial charge on any atom is 0.0764 e. The standard InChI is InChI=1S/C12H28N2O/c1-5-7-8-9-11(14-13)12(10(3)4)15-6-2/h10-12,14H,5-9,13H2,1-4H3. The summed E-state index contributed by atoms with van der Waals surface area (Å²) in [5, 5.41) is 0. The molecular formula is C12H28N2O. The second-order valence-corrected chi connectivity index (χ2v) is 4.43. The van der Waals surface area contributed by atoms with Gasteiger partial charge in [0.25, 0.3) is 0 Å². The molecular weight excluding hydrogens is 188 g/mol. The van der Waals surface area contributed by atoms with Crippen LogP contribution in [-0.2, 0) is 4.74 Å². The fourth-order valence-electron chi connectivity index (χ4n) is 1.92. The van der Waals surface area contributed by atoms with Crippen molar-refractivity contribution in [3.63, 3.8) is 0 Å². The Kier molecular flexibility index (Phi) is 9.06. The van der Waals surface area contributed by atoms with E-state index in [0.717, 1.165) is 13.0 Å². The van der Waals surface area contributed by atoms with E-state index < -0.39 is 0 Å². The molecule has 0 amide bonds. The van der Waals surface area contributed by atoms with Crippen LogP contribution in [0.5, 0.6) is 0 Å². The lowest BCUT2D eigenvalue weighted by molar-refractivity contribution is 0.000889. The van der Waals surface area contributed by atoms with Gasteiger partial charge in [0.15, 0.2) is 0 Å². The Hall–Kier alpha value is -0.120. The fraction of sp³-hybridized carbons (Fsp3) is 1.00. The zero-order chi connectivity index (χ0) is 11.7. The van der Waals surface area contributed by atoms with Crippen LogP contribution in [0.15, 0.2) is 0 Å². The topological polar surface area (TPSA) is 47.3 Å². The van der Waals surface area contributed by atoms with E-state index in [-0.39, 0.29) is 12.1 Å². The Balaban J connectivity index is 4.06. The van der Waals surface area contributed by atoms with Crippen LogP contribution in [0.1, 0.15) is 53.4 Å². The lowest BCUT2D eigenvalue weighted by atomic mass is 9.95. The van der Waals surface area contributed by atoms with Crippen LogP contribution < -0.4 is 11.3 Å². The first-order valence-corrected chi connectivity index (χ1v) is 6.25. The van der Waals surface area contributed by atoms with Crippen molar-refractivity contribution in [1.82, 2.24) is 5.43 Å². The number of rotatable bonds is 9. The van der Waals surface area contributed by atoms with Crippen LogP contribution in [0.4, 0.5) is 0 Å². The second kappa shape index (κ2) is 9.13. The molecule has 0 spiro atoms. The highest BCUT2D eigenvalue weighted by molar-refractivity contribution is 4.77. The molecule has 2 atom stereocenters. The molecule has 0 aliphatic heterocycles. The number of unbranched alkanes of at least 4 members (excludes halogenated alkanes) is 2. The molecule has 0 rings (SSSR count). The van der Waals surface area contributed by atoms with Gasteiger partial charge in [-0.2, -0.15) is 0 Å². The van der Waals surface area contributed by atoms with Gasteiger partial charge in [-0.15, -0.1) is 0 Å². The maximum absolute atomic E-state index is 5.74. The predicted octanol–water partition coefficient (Wildman–Crippen LogP) is 2.46. The molecule has 0 fully saturated rings. The molecule has 3 heteroatoms. The van der Waals surface area contributed by atoms with Gasteiger partial charge in [0.2, 0.25) is 0 Å². The molecule has 0 saturated carbocycles. The lowest BCUT2D eigenvalue weighted by Crippen LogP contribution is -2.47. The van der Waals surface area contributed by atoms with Crippen LogP contribution >= 0.6 is 0 Å². The number of hydrazine groups is 1. The first-order chi connectivity index (χ1) is 7.17. The van der Waals surface area contributed by atoms with Crippen LogP contribution in [0.2, 0.25) is 0 Å². The Labute approximate surface area is 94.7 Å². The SMILES string of the molecule is CCCCCC(NN)C(OCC)C(C)C. The minimum atomic E-state index is 0.233. The van der Waals surface area contributed by atoms with Crippen molar-refractivity contribution in [2.24, 2.45) is 11.8 Å². The van der Waals surface area contributed by atoms with Gasteiger partial charge in [0, 0.05) is 12.6 Å². The molecule has 92 valence electrons. The highest BCUT2D eigenvalue weighted by atomic mass is 16.5. The summed E-state index contributed by atoms with van der Waals surface area (Å²) in [6, 6.07) is 0.288. The highest BCUT2D eigenvalue weighted by Crippen LogP contribution is 2.16. The van der Waals surface area contributed by atoms with Crippen molar-refractivity contribution >= 4 is 0 Å². The Morgan fingerprint density at radius 3 is 2.27 bits per heavy atom. The molecule has 0 saturated heterocycles. The minimum Gasteiger partial charge on any atom is -0.377 e. The zero-order valence-corrected chi connectivity index (χ0v) is 10.8.